The molecule has 0 aromatic heterocycles. The smallest absolute Gasteiger partial charge is 0.325 e. The molecule has 2 N–H and O–H groups in total. The number of halogens is 2. The van der Waals surface area contributed by atoms with Crippen molar-refractivity contribution in [1.82, 2.24) is 4.90 Å². The summed E-state index contributed by atoms with van der Waals surface area (Å²) < 4.78 is 17.9. The van der Waals surface area contributed by atoms with Crippen LogP contribution in [0.15, 0.2) is 16.6 Å². The zero-order valence-electron chi connectivity index (χ0n) is 9.87. The highest BCUT2D eigenvalue weighted by Gasteiger charge is 2.19. The molecule has 0 radical (unpaired) electrons. The van der Waals surface area contributed by atoms with E-state index in [9.17, 15) is 14.0 Å². The molecule has 1 aromatic rings. The number of hydrogen-bond acceptors (Lipinski definition) is 4. The summed E-state index contributed by atoms with van der Waals surface area (Å²) >= 11 is 3.07. The third-order valence-electron chi connectivity index (χ3n) is 2.26. The summed E-state index contributed by atoms with van der Waals surface area (Å²) in [6, 6.07) is 2.32. The quantitative estimate of drug-likeness (QED) is 0.675. The van der Waals surface area contributed by atoms with E-state index in [1.807, 2.05) is 0 Å². The maximum atomic E-state index is 13.1. The maximum Gasteiger partial charge on any atom is 0.325 e. The summed E-state index contributed by atoms with van der Waals surface area (Å²) in [6.45, 7) is -0.195. The predicted molar refractivity (Wildman–Crippen MR) is 67.5 cm³/mol. The summed E-state index contributed by atoms with van der Waals surface area (Å²) in [5.41, 5.74) is 5.45. The van der Waals surface area contributed by atoms with Crippen LogP contribution in [0, 0.1) is 5.82 Å². The van der Waals surface area contributed by atoms with Gasteiger partial charge in [0.15, 0.2) is 0 Å². The minimum atomic E-state index is -0.617. The van der Waals surface area contributed by atoms with Crippen molar-refractivity contribution in [2.24, 2.45) is 0 Å². The maximum absolute atomic E-state index is 13.1. The molecular weight excluding hydrogens is 307 g/mol. The Balaban J connectivity index is 2.97. The number of ether oxygens (including phenoxy) is 1. The monoisotopic (exact) mass is 318 g/mol. The lowest BCUT2D eigenvalue weighted by Gasteiger charge is -2.16. The molecule has 0 unspecified atom stereocenters. The van der Waals surface area contributed by atoms with Crippen LogP contribution in [-0.2, 0) is 9.53 Å². The summed E-state index contributed by atoms with van der Waals surface area (Å²) in [5.74, 6) is -1.62. The molecule has 0 fully saturated rings. The van der Waals surface area contributed by atoms with Gasteiger partial charge in [-0.25, -0.2) is 4.39 Å². The first-order valence-corrected chi connectivity index (χ1v) is 5.73. The largest absolute Gasteiger partial charge is 0.468 e. The average Bonchev–Trinajstić information content (AvgIpc) is 2.32. The summed E-state index contributed by atoms with van der Waals surface area (Å²) in [4.78, 5) is 24.2. The second kappa shape index (κ2) is 5.81. The Morgan fingerprint density at radius 3 is 2.67 bits per heavy atom. The van der Waals surface area contributed by atoms with Crippen molar-refractivity contribution < 1.29 is 18.7 Å². The molecule has 5 nitrogen and oxygen atoms in total. The van der Waals surface area contributed by atoms with Gasteiger partial charge in [0.25, 0.3) is 5.91 Å². The number of carbonyl (C=O) groups excluding carboxylic acids is 2. The van der Waals surface area contributed by atoms with Crippen LogP contribution in [0.5, 0.6) is 0 Å². The standard InChI is InChI=1S/C11H12BrFN2O3/c1-15(5-10(16)18-2)11(17)6-3-9(14)8(13)4-7(6)12/h3-4H,5,14H2,1-2H3. The molecule has 0 spiro atoms. The Kier molecular flexibility index (Phi) is 4.66. The molecule has 1 rings (SSSR count). The third kappa shape index (κ3) is 3.19. The highest BCUT2D eigenvalue weighted by molar-refractivity contribution is 9.10. The second-order valence-electron chi connectivity index (χ2n) is 3.59. The molecular formula is C11H12BrFN2O3. The minimum absolute atomic E-state index is 0.131. The Labute approximate surface area is 112 Å². The van der Waals surface area contributed by atoms with Gasteiger partial charge in [0, 0.05) is 11.5 Å². The molecule has 18 heavy (non-hydrogen) atoms. The molecule has 7 heteroatoms. The van der Waals surface area contributed by atoms with Gasteiger partial charge in [0.1, 0.15) is 12.4 Å². The van der Waals surface area contributed by atoms with Crippen molar-refractivity contribution in [2.45, 2.75) is 0 Å². The molecule has 98 valence electrons. The normalized spacial score (nSPS) is 10.0. The minimum Gasteiger partial charge on any atom is -0.468 e. The number of benzene rings is 1. The predicted octanol–water partition coefficient (Wildman–Crippen LogP) is 1.42. The lowest BCUT2D eigenvalue weighted by Crippen LogP contribution is -2.33. The van der Waals surface area contributed by atoms with Crippen LogP contribution in [0.25, 0.3) is 0 Å². The summed E-state index contributed by atoms with van der Waals surface area (Å²) in [6.07, 6.45) is 0. The number of anilines is 1. The van der Waals surface area contributed by atoms with E-state index in [2.05, 4.69) is 20.7 Å². The van der Waals surface area contributed by atoms with E-state index < -0.39 is 17.7 Å². The van der Waals surface area contributed by atoms with Crippen LogP contribution < -0.4 is 5.73 Å². The van der Waals surface area contributed by atoms with E-state index in [1.165, 1.54) is 20.2 Å². The van der Waals surface area contributed by atoms with Gasteiger partial charge < -0.3 is 15.4 Å². The molecule has 0 bridgehead atoms. The molecule has 0 aliphatic carbocycles. The zero-order valence-corrected chi connectivity index (χ0v) is 11.5. The van der Waals surface area contributed by atoms with Gasteiger partial charge in [0.05, 0.1) is 18.4 Å². The van der Waals surface area contributed by atoms with Gasteiger partial charge in [-0.3, -0.25) is 9.59 Å². The highest BCUT2D eigenvalue weighted by atomic mass is 79.9. The van der Waals surface area contributed by atoms with E-state index in [0.29, 0.717) is 0 Å². The molecule has 0 saturated carbocycles. The molecule has 0 saturated heterocycles. The molecule has 0 aliphatic heterocycles. The Hall–Kier alpha value is -1.63. The molecule has 0 aliphatic rings. The van der Waals surface area contributed by atoms with Crippen molar-refractivity contribution in [3.05, 3.63) is 28.0 Å². The Morgan fingerprint density at radius 2 is 2.11 bits per heavy atom. The lowest BCUT2D eigenvalue weighted by atomic mass is 10.1. The van der Waals surface area contributed by atoms with Gasteiger partial charge in [-0.05, 0) is 28.1 Å². The number of rotatable bonds is 3. The van der Waals surface area contributed by atoms with Crippen molar-refractivity contribution in [3.63, 3.8) is 0 Å². The fourth-order valence-corrected chi connectivity index (χ4v) is 1.75. The SMILES string of the molecule is COC(=O)CN(C)C(=O)c1cc(N)c(F)cc1Br. The number of nitrogens with zero attached hydrogens (tertiary/aromatic N) is 1. The van der Waals surface area contributed by atoms with Gasteiger partial charge in [-0.1, -0.05) is 0 Å². The first kappa shape index (κ1) is 14.4. The van der Waals surface area contributed by atoms with Gasteiger partial charge in [-0.2, -0.15) is 0 Å². The van der Waals surface area contributed by atoms with Crippen LogP contribution in [0.3, 0.4) is 0 Å². The van der Waals surface area contributed by atoms with Crippen LogP contribution in [0.4, 0.5) is 10.1 Å². The first-order chi connectivity index (χ1) is 8.36. The summed E-state index contributed by atoms with van der Waals surface area (Å²) in [7, 11) is 2.66. The number of esters is 1. The fourth-order valence-electron chi connectivity index (χ4n) is 1.27. The Morgan fingerprint density at radius 1 is 1.50 bits per heavy atom. The highest BCUT2D eigenvalue weighted by Crippen LogP contribution is 2.23. The van der Waals surface area contributed by atoms with E-state index in [-0.39, 0.29) is 22.3 Å². The van der Waals surface area contributed by atoms with Gasteiger partial charge in [-0.15, -0.1) is 0 Å². The average molecular weight is 319 g/mol. The Bertz CT molecular complexity index is 493. The zero-order chi connectivity index (χ0) is 13.9. The van der Waals surface area contributed by atoms with Crippen LogP contribution >= 0.6 is 15.9 Å². The second-order valence-corrected chi connectivity index (χ2v) is 4.45. The van der Waals surface area contributed by atoms with Crippen molar-refractivity contribution in [1.29, 1.82) is 0 Å². The number of amides is 1. The fraction of sp³-hybridized carbons (Fsp3) is 0.273. The van der Waals surface area contributed by atoms with Crippen LogP contribution in [-0.4, -0.2) is 37.5 Å². The number of carbonyl (C=O) groups is 2. The number of hydrogen-bond donors (Lipinski definition) is 1. The number of nitrogen functional groups attached to an aromatic ring is 1. The van der Waals surface area contributed by atoms with E-state index >= 15 is 0 Å². The summed E-state index contributed by atoms with van der Waals surface area (Å²) in [5, 5.41) is 0. The van der Waals surface area contributed by atoms with E-state index in [1.54, 1.807) is 0 Å². The van der Waals surface area contributed by atoms with Crippen LogP contribution in [0.2, 0.25) is 0 Å². The topological polar surface area (TPSA) is 72.6 Å². The van der Waals surface area contributed by atoms with Crippen molar-refractivity contribution in [2.75, 3.05) is 26.4 Å². The lowest BCUT2D eigenvalue weighted by molar-refractivity contribution is -0.141. The molecule has 0 heterocycles. The van der Waals surface area contributed by atoms with Crippen molar-refractivity contribution >= 4 is 33.5 Å². The van der Waals surface area contributed by atoms with E-state index in [4.69, 9.17) is 5.73 Å². The van der Waals surface area contributed by atoms with Crippen molar-refractivity contribution in [3.8, 4) is 0 Å². The molecule has 1 aromatic carbocycles. The number of likely N-dealkylation sites (N-methyl/N-ethyl adjacent to an activating group) is 1. The van der Waals surface area contributed by atoms with E-state index in [0.717, 1.165) is 11.0 Å². The molecule has 0 atom stereocenters. The van der Waals surface area contributed by atoms with Gasteiger partial charge in [0.2, 0.25) is 0 Å². The first-order valence-electron chi connectivity index (χ1n) is 4.93. The number of methoxy groups -OCH3 is 1. The third-order valence-corrected chi connectivity index (χ3v) is 2.91. The van der Waals surface area contributed by atoms with Crippen LogP contribution in [0.1, 0.15) is 10.4 Å². The molecule has 1 amide bonds. The number of nitrogens with two attached hydrogens (primary N) is 1. The van der Waals surface area contributed by atoms with Gasteiger partial charge >= 0.3 is 5.97 Å².